The number of methoxy groups -OCH3 is 1. The van der Waals surface area contributed by atoms with E-state index in [2.05, 4.69) is 32.0 Å². The molecule has 5 rings (SSSR count). The summed E-state index contributed by atoms with van der Waals surface area (Å²) < 4.78 is 5.23. The molecule has 0 aliphatic heterocycles. The van der Waals surface area contributed by atoms with Crippen molar-refractivity contribution in [1.29, 1.82) is 0 Å². The van der Waals surface area contributed by atoms with Crippen molar-refractivity contribution in [3.8, 4) is 0 Å². The first-order valence-corrected chi connectivity index (χ1v) is 8.63. The Balaban J connectivity index is 1.82. The van der Waals surface area contributed by atoms with Crippen molar-refractivity contribution >= 4 is 5.97 Å². The van der Waals surface area contributed by atoms with Gasteiger partial charge in [0, 0.05) is 0 Å². The molecule has 0 aromatic heterocycles. The molecule has 4 aliphatic rings. The quantitative estimate of drug-likeness (QED) is 0.760. The van der Waals surface area contributed by atoms with Gasteiger partial charge in [-0.05, 0) is 80.8 Å². The van der Waals surface area contributed by atoms with Gasteiger partial charge in [-0.2, -0.15) is 0 Å². The van der Waals surface area contributed by atoms with Gasteiger partial charge in [-0.3, -0.25) is 4.79 Å². The molecule has 0 saturated heterocycles. The second kappa shape index (κ2) is 4.59. The summed E-state index contributed by atoms with van der Waals surface area (Å²) in [5.41, 5.74) is 4.26. The maximum absolute atomic E-state index is 12.6. The fourth-order valence-corrected chi connectivity index (χ4v) is 6.34. The maximum atomic E-state index is 12.6. The van der Waals surface area contributed by atoms with E-state index in [1.54, 1.807) is 7.11 Å². The van der Waals surface area contributed by atoms with Crippen LogP contribution in [0.4, 0.5) is 0 Å². The van der Waals surface area contributed by atoms with E-state index >= 15 is 0 Å². The van der Waals surface area contributed by atoms with Gasteiger partial charge in [0.1, 0.15) is 0 Å². The Morgan fingerprint density at radius 2 is 1.82 bits per heavy atom. The highest BCUT2D eigenvalue weighted by molar-refractivity contribution is 5.78. The second-order valence-corrected chi connectivity index (χ2v) is 8.33. The molecule has 118 valence electrons. The molecule has 0 N–H and O–H groups in total. The molecule has 2 atom stereocenters. The Morgan fingerprint density at radius 3 is 2.45 bits per heavy atom. The number of carbonyl (C=O) groups is 1. The van der Waals surface area contributed by atoms with Gasteiger partial charge in [0.2, 0.25) is 0 Å². The van der Waals surface area contributed by atoms with Crippen molar-refractivity contribution in [3.05, 3.63) is 34.9 Å². The highest BCUT2D eigenvalue weighted by Gasteiger charge is 2.61. The van der Waals surface area contributed by atoms with Crippen LogP contribution in [0.25, 0.3) is 0 Å². The molecule has 2 unspecified atom stereocenters. The highest BCUT2D eigenvalue weighted by atomic mass is 16.5. The van der Waals surface area contributed by atoms with Crippen molar-refractivity contribution < 1.29 is 9.53 Å². The summed E-state index contributed by atoms with van der Waals surface area (Å²) in [5.74, 6) is 1.47. The number of hydrogen-bond donors (Lipinski definition) is 0. The molecule has 2 heteroatoms. The zero-order chi connectivity index (χ0) is 15.5. The van der Waals surface area contributed by atoms with Crippen LogP contribution in [-0.2, 0) is 14.9 Å². The van der Waals surface area contributed by atoms with E-state index in [9.17, 15) is 4.79 Å². The van der Waals surface area contributed by atoms with Gasteiger partial charge in [-0.1, -0.05) is 23.8 Å². The van der Waals surface area contributed by atoms with Gasteiger partial charge < -0.3 is 4.74 Å². The first-order chi connectivity index (χ1) is 10.5. The summed E-state index contributed by atoms with van der Waals surface area (Å²) >= 11 is 0. The van der Waals surface area contributed by atoms with Crippen molar-refractivity contribution in [3.63, 3.8) is 0 Å². The molecule has 0 radical (unpaired) electrons. The molecular formula is C20H26O2. The minimum Gasteiger partial charge on any atom is -0.469 e. The lowest BCUT2D eigenvalue weighted by atomic mass is 9.42. The number of esters is 1. The van der Waals surface area contributed by atoms with Crippen LogP contribution < -0.4 is 0 Å². The highest BCUT2D eigenvalue weighted by Crippen LogP contribution is 2.66. The first kappa shape index (κ1) is 14.3. The second-order valence-electron chi connectivity index (χ2n) is 8.33. The zero-order valence-corrected chi connectivity index (χ0v) is 13.9. The van der Waals surface area contributed by atoms with Crippen LogP contribution >= 0.6 is 0 Å². The van der Waals surface area contributed by atoms with E-state index in [1.165, 1.54) is 36.0 Å². The maximum Gasteiger partial charge on any atom is 0.311 e. The van der Waals surface area contributed by atoms with Gasteiger partial charge in [0.05, 0.1) is 12.5 Å². The van der Waals surface area contributed by atoms with Gasteiger partial charge in [0.25, 0.3) is 0 Å². The van der Waals surface area contributed by atoms with Crippen LogP contribution in [0, 0.1) is 31.1 Å². The van der Waals surface area contributed by atoms with E-state index < -0.39 is 0 Å². The predicted molar refractivity (Wildman–Crippen MR) is 86.7 cm³/mol. The molecular weight excluding hydrogens is 272 g/mol. The fraction of sp³-hybridized carbons (Fsp3) is 0.650. The summed E-state index contributed by atoms with van der Waals surface area (Å²) in [4.78, 5) is 12.6. The average Bonchev–Trinajstić information content (AvgIpc) is 2.47. The number of hydrogen-bond acceptors (Lipinski definition) is 2. The Labute approximate surface area is 133 Å². The molecule has 1 aromatic rings. The molecule has 4 bridgehead atoms. The third-order valence-electron chi connectivity index (χ3n) is 6.64. The Kier molecular flexibility index (Phi) is 2.99. The van der Waals surface area contributed by atoms with Crippen LogP contribution in [0.1, 0.15) is 55.2 Å². The standard InChI is InChI=1S/C20H26O2/c1-13-4-5-14(2)17(6-13)19-8-15-7-16(9-19)11-20(10-15,12-19)18(21)22-3/h4-6,15-16H,7-12H2,1-3H3. The summed E-state index contributed by atoms with van der Waals surface area (Å²) in [6.45, 7) is 4.41. The van der Waals surface area contributed by atoms with Crippen molar-refractivity contribution in [2.45, 2.75) is 57.8 Å². The van der Waals surface area contributed by atoms with E-state index in [0.29, 0.717) is 11.8 Å². The van der Waals surface area contributed by atoms with Crippen molar-refractivity contribution in [2.24, 2.45) is 17.3 Å². The summed E-state index contributed by atoms with van der Waals surface area (Å²) in [7, 11) is 1.56. The summed E-state index contributed by atoms with van der Waals surface area (Å²) in [6, 6.07) is 6.84. The van der Waals surface area contributed by atoms with E-state index in [0.717, 1.165) is 19.3 Å². The smallest absolute Gasteiger partial charge is 0.311 e. The largest absolute Gasteiger partial charge is 0.469 e. The molecule has 0 spiro atoms. The fourth-order valence-electron chi connectivity index (χ4n) is 6.34. The minimum atomic E-state index is -0.199. The SMILES string of the molecule is COC(=O)C12CC3CC(C1)CC(c1cc(C)ccc1C)(C3)C2. The van der Waals surface area contributed by atoms with Crippen molar-refractivity contribution in [2.75, 3.05) is 7.11 Å². The Bertz CT molecular complexity index is 617. The lowest BCUT2D eigenvalue weighted by Crippen LogP contribution is -2.57. The Hall–Kier alpha value is -1.31. The van der Waals surface area contributed by atoms with Gasteiger partial charge in [-0.15, -0.1) is 0 Å². The molecule has 4 aliphatic carbocycles. The van der Waals surface area contributed by atoms with E-state index in [4.69, 9.17) is 4.74 Å². The van der Waals surface area contributed by atoms with Crippen LogP contribution in [0.2, 0.25) is 0 Å². The van der Waals surface area contributed by atoms with Crippen LogP contribution in [0.3, 0.4) is 0 Å². The summed E-state index contributed by atoms with van der Waals surface area (Å²) in [6.07, 6.45) is 6.99. The minimum absolute atomic E-state index is 0.0521. The number of rotatable bonds is 2. The first-order valence-electron chi connectivity index (χ1n) is 8.63. The van der Waals surface area contributed by atoms with Gasteiger partial charge in [-0.25, -0.2) is 0 Å². The monoisotopic (exact) mass is 298 g/mol. The van der Waals surface area contributed by atoms with Crippen LogP contribution in [-0.4, -0.2) is 13.1 Å². The number of benzene rings is 1. The average molecular weight is 298 g/mol. The zero-order valence-electron chi connectivity index (χ0n) is 13.9. The number of carbonyl (C=O) groups excluding carboxylic acids is 1. The molecule has 0 amide bonds. The summed E-state index contributed by atoms with van der Waals surface area (Å²) in [5, 5.41) is 0. The lowest BCUT2D eigenvalue weighted by Gasteiger charge is -2.61. The van der Waals surface area contributed by atoms with Gasteiger partial charge >= 0.3 is 5.97 Å². The molecule has 2 nitrogen and oxygen atoms in total. The molecule has 0 heterocycles. The number of ether oxygens (including phenoxy) is 1. The molecule has 4 saturated carbocycles. The third-order valence-corrected chi connectivity index (χ3v) is 6.64. The molecule has 22 heavy (non-hydrogen) atoms. The van der Waals surface area contributed by atoms with E-state index in [-0.39, 0.29) is 16.8 Å². The van der Waals surface area contributed by atoms with E-state index in [1.807, 2.05) is 0 Å². The number of aryl methyl sites for hydroxylation is 2. The van der Waals surface area contributed by atoms with Gasteiger partial charge in [0.15, 0.2) is 0 Å². The third kappa shape index (κ3) is 1.89. The molecule has 4 fully saturated rings. The lowest BCUT2D eigenvalue weighted by molar-refractivity contribution is -0.171. The van der Waals surface area contributed by atoms with Crippen LogP contribution in [0.5, 0.6) is 0 Å². The Morgan fingerprint density at radius 1 is 1.14 bits per heavy atom. The van der Waals surface area contributed by atoms with Crippen molar-refractivity contribution in [1.82, 2.24) is 0 Å². The van der Waals surface area contributed by atoms with Crippen LogP contribution in [0.15, 0.2) is 18.2 Å². The normalized spacial score (nSPS) is 39.0. The molecule has 1 aromatic carbocycles. The topological polar surface area (TPSA) is 26.3 Å². The predicted octanol–water partition coefficient (Wildman–Crippen LogP) is 4.31.